The van der Waals surface area contributed by atoms with Gasteiger partial charge < -0.3 is 15.4 Å². The third kappa shape index (κ3) is 6.17. The number of halogens is 1. The second kappa shape index (κ2) is 10.0. The standard InChI is InChI=1S/C23H21FN2O3/c24-19-13-7-8-14-20(19)25-22(27)21(15-17-9-3-1-4-10-17)26-23(28)29-16-18-11-5-2-6-12-18/h1-14,21H,15-16H2,(H,25,27)(H,26,28)/t21-/m0/s1. The molecule has 0 spiro atoms. The molecular formula is C23H21FN2O3. The van der Waals surface area contributed by atoms with Gasteiger partial charge in [-0.15, -0.1) is 0 Å². The van der Waals surface area contributed by atoms with E-state index in [1.165, 1.54) is 18.2 Å². The van der Waals surface area contributed by atoms with Crippen molar-refractivity contribution in [3.05, 3.63) is 102 Å². The van der Waals surface area contributed by atoms with Crippen LogP contribution < -0.4 is 10.6 Å². The second-order valence-electron chi connectivity index (χ2n) is 6.42. The van der Waals surface area contributed by atoms with Crippen LogP contribution in [0.1, 0.15) is 11.1 Å². The van der Waals surface area contributed by atoms with E-state index in [9.17, 15) is 14.0 Å². The van der Waals surface area contributed by atoms with Crippen molar-refractivity contribution < 1.29 is 18.7 Å². The van der Waals surface area contributed by atoms with Gasteiger partial charge in [0.15, 0.2) is 0 Å². The first-order valence-electron chi connectivity index (χ1n) is 9.18. The molecule has 3 rings (SSSR count). The van der Waals surface area contributed by atoms with Gasteiger partial charge in [-0.3, -0.25) is 4.79 Å². The molecule has 6 heteroatoms. The molecule has 0 unspecified atom stereocenters. The smallest absolute Gasteiger partial charge is 0.408 e. The van der Waals surface area contributed by atoms with E-state index in [4.69, 9.17) is 4.74 Å². The number of hydrogen-bond donors (Lipinski definition) is 2. The molecule has 0 saturated heterocycles. The number of anilines is 1. The fourth-order valence-corrected chi connectivity index (χ4v) is 2.75. The Bertz CT molecular complexity index is 949. The third-order valence-corrected chi connectivity index (χ3v) is 4.24. The van der Waals surface area contributed by atoms with Crippen molar-refractivity contribution in [2.75, 3.05) is 5.32 Å². The minimum Gasteiger partial charge on any atom is -0.445 e. The number of amides is 2. The van der Waals surface area contributed by atoms with E-state index in [1.807, 2.05) is 60.7 Å². The van der Waals surface area contributed by atoms with Crippen molar-refractivity contribution in [3.8, 4) is 0 Å². The van der Waals surface area contributed by atoms with Crippen molar-refractivity contribution in [1.82, 2.24) is 5.32 Å². The molecule has 5 nitrogen and oxygen atoms in total. The SMILES string of the molecule is O=C(N[C@@H](Cc1ccccc1)C(=O)Nc1ccccc1F)OCc1ccccc1. The first-order chi connectivity index (χ1) is 14.1. The number of hydrogen-bond acceptors (Lipinski definition) is 3. The van der Waals surface area contributed by atoms with Crippen LogP contribution in [0.15, 0.2) is 84.9 Å². The Morgan fingerprint density at radius 1 is 0.828 bits per heavy atom. The summed E-state index contributed by atoms with van der Waals surface area (Å²) in [4.78, 5) is 25.0. The van der Waals surface area contributed by atoms with Crippen LogP contribution in [0.4, 0.5) is 14.9 Å². The summed E-state index contributed by atoms with van der Waals surface area (Å²) in [5.74, 6) is -1.08. The van der Waals surface area contributed by atoms with Gasteiger partial charge in [-0.1, -0.05) is 72.8 Å². The third-order valence-electron chi connectivity index (χ3n) is 4.24. The number of carbonyl (C=O) groups is 2. The lowest BCUT2D eigenvalue weighted by atomic mass is 10.1. The van der Waals surface area contributed by atoms with Crippen LogP contribution in [-0.4, -0.2) is 18.0 Å². The number of benzene rings is 3. The van der Waals surface area contributed by atoms with E-state index in [0.29, 0.717) is 0 Å². The number of carbonyl (C=O) groups excluding carboxylic acids is 2. The van der Waals surface area contributed by atoms with Crippen LogP contribution in [0.25, 0.3) is 0 Å². The lowest BCUT2D eigenvalue weighted by Crippen LogP contribution is -2.45. The summed E-state index contributed by atoms with van der Waals surface area (Å²) in [5.41, 5.74) is 1.73. The molecule has 0 aromatic heterocycles. The van der Waals surface area contributed by atoms with Crippen molar-refractivity contribution >= 4 is 17.7 Å². The highest BCUT2D eigenvalue weighted by Crippen LogP contribution is 2.14. The van der Waals surface area contributed by atoms with Gasteiger partial charge in [0.05, 0.1) is 5.69 Å². The highest BCUT2D eigenvalue weighted by molar-refractivity contribution is 5.96. The monoisotopic (exact) mass is 392 g/mol. The first kappa shape index (κ1) is 20.1. The van der Waals surface area contributed by atoms with E-state index in [-0.39, 0.29) is 18.7 Å². The Morgan fingerprint density at radius 3 is 2.07 bits per heavy atom. The predicted molar refractivity (Wildman–Crippen MR) is 109 cm³/mol. The van der Waals surface area contributed by atoms with Crippen LogP contribution in [0.2, 0.25) is 0 Å². The highest BCUT2D eigenvalue weighted by atomic mass is 19.1. The average molecular weight is 392 g/mol. The largest absolute Gasteiger partial charge is 0.445 e. The molecule has 0 saturated carbocycles. The number of ether oxygens (including phenoxy) is 1. The minimum absolute atomic E-state index is 0.0509. The van der Waals surface area contributed by atoms with Crippen LogP contribution in [0, 0.1) is 5.82 Å². The van der Waals surface area contributed by atoms with Crippen LogP contribution in [-0.2, 0) is 22.6 Å². The number of alkyl carbamates (subject to hydrolysis) is 1. The van der Waals surface area contributed by atoms with Crippen molar-refractivity contribution in [3.63, 3.8) is 0 Å². The van der Waals surface area contributed by atoms with Crippen molar-refractivity contribution in [2.45, 2.75) is 19.1 Å². The fourth-order valence-electron chi connectivity index (χ4n) is 2.75. The maximum Gasteiger partial charge on any atom is 0.408 e. The summed E-state index contributed by atoms with van der Waals surface area (Å²) in [6.45, 7) is 0.0830. The maximum absolute atomic E-state index is 13.9. The molecule has 0 radical (unpaired) electrons. The molecular weight excluding hydrogens is 371 g/mol. The van der Waals surface area contributed by atoms with Gasteiger partial charge in [-0.25, -0.2) is 9.18 Å². The molecule has 0 fully saturated rings. The molecule has 0 aliphatic heterocycles. The molecule has 2 N–H and O–H groups in total. The van der Waals surface area contributed by atoms with Gasteiger partial charge in [0.1, 0.15) is 18.5 Å². The predicted octanol–water partition coefficient (Wildman–Crippen LogP) is 4.30. The Kier molecular flexibility index (Phi) is 6.95. The zero-order chi connectivity index (χ0) is 20.5. The van der Waals surface area contributed by atoms with Gasteiger partial charge >= 0.3 is 6.09 Å². The Hall–Kier alpha value is -3.67. The van der Waals surface area contributed by atoms with E-state index in [2.05, 4.69) is 10.6 Å². The van der Waals surface area contributed by atoms with Crippen LogP contribution in [0.3, 0.4) is 0 Å². The molecule has 1 atom stereocenters. The lowest BCUT2D eigenvalue weighted by molar-refractivity contribution is -0.118. The van der Waals surface area contributed by atoms with Gasteiger partial charge in [-0.2, -0.15) is 0 Å². The van der Waals surface area contributed by atoms with Gasteiger partial charge in [-0.05, 0) is 23.3 Å². The lowest BCUT2D eigenvalue weighted by Gasteiger charge is -2.19. The average Bonchev–Trinajstić information content (AvgIpc) is 2.75. The molecule has 148 valence electrons. The normalized spacial score (nSPS) is 11.3. The van der Waals surface area contributed by atoms with Crippen molar-refractivity contribution in [1.29, 1.82) is 0 Å². The summed E-state index contributed by atoms with van der Waals surface area (Å²) in [6.07, 6.45) is -0.486. The summed E-state index contributed by atoms with van der Waals surface area (Å²) in [7, 11) is 0. The van der Waals surface area contributed by atoms with Gasteiger partial charge in [0.2, 0.25) is 5.91 Å². The zero-order valence-electron chi connectivity index (χ0n) is 15.7. The van der Waals surface area contributed by atoms with E-state index in [1.54, 1.807) is 6.07 Å². The van der Waals surface area contributed by atoms with E-state index < -0.39 is 23.9 Å². The Balaban J connectivity index is 1.67. The molecule has 2 amide bonds. The van der Waals surface area contributed by atoms with Crippen LogP contribution >= 0.6 is 0 Å². The maximum atomic E-state index is 13.9. The quantitative estimate of drug-likeness (QED) is 0.630. The molecule has 0 aliphatic rings. The highest BCUT2D eigenvalue weighted by Gasteiger charge is 2.23. The first-order valence-corrected chi connectivity index (χ1v) is 9.18. The van der Waals surface area contributed by atoms with Crippen molar-refractivity contribution in [2.24, 2.45) is 0 Å². The zero-order valence-corrected chi connectivity index (χ0v) is 15.7. The Morgan fingerprint density at radius 2 is 1.41 bits per heavy atom. The van der Waals surface area contributed by atoms with Gasteiger partial charge in [0, 0.05) is 6.42 Å². The number of para-hydroxylation sites is 1. The summed E-state index contributed by atoms with van der Waals surface area (Å²) < 4.78 is 19.1. The Labute approximate surface area is 168 Å². The molecule has 29 heavy (non-hydrogen) atoms. The molecule has 0 heterocycles. The van der Waals surface area contributed by atoms with E-state index >= 15 is 0 Å². The summed E-state index contributed by atoms with van der Waals surface area (Å²) in [6, 6.07) is 23.4. The van der Waals surface area contributed by atoms with Crippen LogP contribution in [0.5, 0.6) is 0 Å². The molecule has 0 aliphatic carbocycles. The molecule has 3 aromatic rings. The number of nitrogens with one attached hydrogen (secondary N) is 2. The molecule has 3 aromatic carbocycles. The fraction of sp³-hybridized carbons (Fsp3) is 0.130. The summed E-state index contributed by atoms with van der Waals surface area (Å²) >= 11 is 0. The second-order valence-corrected chi connectivity index (χ2v) is 6.42. The topological polar surface area (TPSA) is 67.4 Å². The number of rotatable bonds is 7. The summed E-state index contributed by atoms with van der Waals surface area (Å²) in [5, 5.41) is 5.11. The van der Waals surface area contributed by atoms with Gasteiger partial charge in [0.25, 0.3) is 0 Å². The molecule has 0 bridgehead atoms. The minimum atomic E-state index is -0.930. The van der Waals surface area contributed by atoms with E-state index in [0.717, 1.165) is 11.1 Å².